The Bertz CT molecular complexity index is 458. The van der Waals surface area contributed by atoms with Crippen LogP contribution < -0.4 is 5.32 Å². The summed E-state index contributed by atoms with van der Waals surface area (Å²) in [6.45, 7) is 1.23. The molecule has 96 valence electrons. The van der Waals surface area contributed by atoms with Crippen LogP contribution in [0, 0.1) is 11.8 Å². The molecule has 0 heterocycles. The zero-order valence-electron chi connectivity index (χ0n) is 10.7. The maximum atomic E-state index is 11.8. The van der Waals surface area contributed by atoms with E-state index in [1.165, 1.54) is 0 Å². The molecule has 1 aromatic rings. The van der Waals surface area contributed by atoms with Gasteiger partial charge >= 0.3 is 0 Å². The van der Waals surface area contributed by atoms with E-state index in [4.69, 9.17) is 5.11 Å². The summed E-state index contributed by atoms with van der Waals surface area (Å²) in [5.41, 5.74) is 1.31. The van der Waals surface area contributed by atoms with E-state index >= 15 is 0 Å². The summed E-state index contributed by atoms with van der Waals surface area (Å²) in [6.07, 6.45) is 0. The summed E-state index contributed by atoms with van der Waals surface area (Å²) in [7, 11) is 3.91. The minimum absolute atomic E-state index is 0.107. The molecule has 4 nitrogen and oxygen atoms in total. The third kappa shape index (κ3) is 5.00. The van der Waals surface area contributed by atoms with E-state index in [9.17, 15) is 4.79 Å². The minimum Gasteiger partial charge on any atom is -0.384 e. The van der Waals surface area contributed by atoms with Crippen LogP contribution in [0.2, 0.25) is 0 Å². The summed E-state index contributed by atoms with van der Waals surface area (Å²) < 4.78 is 0. The van der Waals surface area contributed by atoms with Crippen LogP contribution in [-0.2, 0) is 0 Å². The summed E-state index contributed by atoms with van der Waals surface area (Å²) in [6, 6.07) is 7.05. The number of nitrogens with zero attached hydrogens (tertiary/aromatic N) is 1. The lowest BCUT2D eigenvalue weighted by Crippen LogP contribution is -2.31. The van der Waals surface area contributed by atoms with Gasteiger partial charge in [-0.05, 0) is 32.3 Å². The average molecular weight is 246 g/mol. The van der Waals surface area contributed by atoms with Crippen LogP contribution in [0.25, 0.3) is 0 Å². The Morgan fingerprint density at radius 1 is 1.44 bits per heavy atom. The fraction of sp³-hybridized carbons (Fsp3) is 0.357. The molecule has 0 atom stereocenters. The van der Waals surface area contributed by atoms with E-state index in [1.54, 1.807) is 24.3 Å². The van der Waals surface area contributed by atoms with Gasteiger partial charge in [-0.3, -0.25) is 4.79 Å². The number of carbonyl (C=O) groups excluding carboxylic acids is 1. The number of hydrogen-bond donors (Lipinski definition) is 2. The van der Waals surface area contributed by atoms with Crippen LogP contribution in [0.5, 0.6) is 0 Å². The van der Waals surface area contributed by atoms with Crippen LogP contribution in [-0.4, -0.2) is 49.7 Å². The van der Waals surface area contributed by atoms with E-state index in [-0.39, 0.29) is 12.5 Å². The quantitative estimate of drug-likeness (QED) is 0.752. The summed E-state index contributed by atoms with van der Waals surface area (Å²) in [5.74, 6) is 5.22. The van der Waals surface area contributed by atoms with Gasteiger partial charge in [-0.2, -0.15) is 0 Å². The SMILES string of the molecule is CN(C)CCNC(=O)c1cccc(C#CCO)c1. The predicted octanol–water partition coefficient (Wildman–Crippen LogP) is 0.322. The van der Waals surface area contributed by atoms with E-state index in [0.717, 1.165) is 12.1 Å². The number of nitrogens with one attached hydrogen (secondary N) is 1. The summed E-state index contributed by atoms with van der Waals surface area (Å²) in [4.78, 5) is 13.8. The fourth-order valence-corrected chi connectivity index (χ4v) is 1.37. The first-order chi connectivity index (χ1) is 8.63. The first-order valence-corrected chi connectivity index (χ1v) is 5.76. The van der Waals surface area contributed by atoms with Gasteiger partial charge in [0.25, 0.3) is 5.91 Å². The topological polar surface area (TPSA) is 52.6 Å². The van der Waals surface area contributed by atoms with Gasteiger partial charge in [0.05, 0.1) is 0 Å². The second-order valence-electron chi connectivity index (χ2n) is 4.10. The molecule has 0 saturated heterocycles. The molecule has 18 heavy (non-hydrogen) atoms. The number of aliphatic hydroxyl groups is 1. The Hall–Kier alpha value is -1.83. The van der Waals surface area contributed by atoms with Crippen LogP contribution in [0.15, 0.2) is 24.3 Å². The van der Waals surface area contributed by atoms with Crippen molar-refractivity contribution >= 4 is 5.91 Å². The maximum absolute atomic E-state index is 11.8. The maximum Gasteiger partial charge on any atom is 0.251 e. The Morgan fingerprint density at radius 3 is 2.89 bits per heavy atom. The van der Waals surface area contributed by atoms with Gasteiger partial charge in [0.2, 0.25) is 0 Å². The number of rotatable bonds is 4. The normalized spacial score (nSPS) is 9.78. The summed E-state index contributed by atoms with van der Waals surface area (Å²) >= 11 is 0. The smallest absolute Gasteiger partial charge is 0.251 e. The highest BCUT2D eigenvalue weighted by molar-refractivity contribution is 5.94. The van der Waals surface area contributed by atoms with Crippen molar-refractivity contribution in [1.29, 1.82) is 0 Å². The molecule has 0 bridgehead atoms. The van der Waals surface area contributed by atoms with Gasteiger partial charge < -0.3 is 15.3 Å². The average Bonchev–Trinajstić information content (AvgIpc) is 2.36. The van der Waals surface area contributed by atoms with E-state index in [2.05, 4.69) is 17.2 Å². The monoisotopic (exact) mass is 246 g/mol. The van der Waals surface area contributed by atoms with Gasteiger partial charge in [-0.25, -0.2) is 0 Å². The molecule has 0 unspecified atom stereocenters. The van der Waals surface area contributed by atoms with Gasteiger partial charge in [-0.1, -0.05) is 17.9 Å². The molecule has 0 aliphatic carbocycles. The number of hydrogen-bond acceptors (Lipinski definition) is 3. The predicted molar refractivity (Wildman–Crippen MR) is 71.3 cm³/mol. The second-order valence-corrected chi connectivity index (χ2v) is 4.10. The molecule has 1 amide bonds. The number of amides is 1. The highest BCUT2D eigenvalue weighted by Gasteiger charge is 2.04. The molecule has 1 aromatic carbocycles. The molecule has 4 heteroatoms. The second kappa shape index (κ2) is 7.49. The van der Waals surface area contributed by atoms with Crippen molar-refractivity contribution in [3.05, 3.63) is 35.4 Å². The molecule has 0 radical (unpaired) electrons. The molecule has 0 saturated carbocycles. The standard InChI is InChI=1S/C14H18N2O2/c1-16(2)9-8-15-14(18)13-7-3-5-12(11-13)6-4-10-17/h3,5,7,11,17H,8-10H2,1-2H3,(H,15,18). The highest BCUT2D eigenvalue weighted by atomic mass is 16.2. The van der Waals surface area contributed by atoms with Crippen molar-refractivity contribution in [2.45, 2.75) is 0 Å². The van der Waals surface area contributed by atoms with Gasteiger partial charge in [0.15, 0.2) is 0 Å². The Labute approximate surface area is 108 Å². The zero-order valence-corrected chi connectivity index (χ0v) is 10.7. The lowest BCUT2D eigenvalue weighted by atomic mass is 10.1. The zero-order chi connectivity index (χ0) is 13.4. The molecule has 0 aliphatic heterocycles. The number of carbonyl (C=O) groups is 1. The largest absolute Gasteiger partial charge is 0.384 e. The van der Waals surface area contributed by atoms with Crippen molar-refractivity contribution in [3.63, 3.8) is 0 Å². The molecule has 1 rings (SSSR count). The number of likely N-dealkylation sites (N-methyl/N-ethyl adjacent to an activating group) is 1. The van der Waals surface area contributed by atoms with Crippen molar-refractivity contribution in [3.8, 4) is 11.8 Å². The Balaban J connectivity index is 2.62. The highest BCUT2D eigenvalue weighted by Crippen LogP contribution is 2.03. The van der Waals surface area contributed by atoms with Crippen LogP contribution in [0.4, 0.5) is 0 Å². The molecule has 0 aromatic heterocycles. The van der Waals surface area contributed by atoms with Crippen molar-refractivity contribution < 1.29 is 9.90 Å². The third-order valence-electron chi connectivity index (χ3n) is 2.28. The lowest BCUT2D eigenvalue weighted by molar-refractivity contribution is 0.0951. The molecular weight excluding hydrogens is 228 g/mol. The van der Waals surface area contributed by atoms with E-state index < -0.39 is 0 Å². The van der Waals surface area contributed by atoms with Crippen molar-refractivity contribution in [2.75, 3.05) is 33.8 Å². The van der Waals surface area contributed by atoms with Crippen LogP contribution in [0.1, 0.15) is 15.9 Å². The lowest BCUT2D eigenvalue weighted by Gasteiger charge is -2.10. The Kier molecular flexibility index (Phi) is 5.92. The molecule has 2 N–H and O–H groups in total. The first-order valence-electron chi connectivity index (χ1n) is 5.76. The van der Waals surface area contributed by atoms with Crippen LogP contribution in [0.3, 0.4) is 0 Å². The summed E-state index contributed by atoms with van der Waals surface area (Å²) in [5, 5.41) is 11.5. The first kappa shape index (κ1) is 14.2. The molecule has 0 fully saturated rings. The van der Waals surface area contributed by atoms with Gasteiger partial charge in [0, 0.05) is 24.2 Å². The molecular formula is C14H18N2O2. The van der Waals surface area contributed by atoms with Crippen molar-refractivity contribution in [2.24, 2.45) is 0 Å². The van der Waals surface area contributed by atoms with E-state index in [0.29, 0.717) is 12.1 Å². The van der Waals surface area contributed by atoms with Gasteiger partial charge in [-0.15, -0.1) is 0 Å². The van der Waals surface area contributed by atoms with Crippen molar-refractivity contribution in [1.82, 2.24) is 10.2 Å². The molecule has 0 spiro atoms. The number of benzene rings is 1. The van der Waals surface area contributed by atoms with Gasteiger partial charge in [0.1, 0.15) is 6.61 Å². The fourth-order valence-electron chi connectivity index (χ4n) is 1.37. The Morgan fingerprint density at radius 2 is 2.22 bits per heavy atom. The molecule has 0 aliphatic rings. The number of aliphatic hydroxyl groups excluding tert-OH is 1. The van der Waals surface area contributed by atoms with E-state index in [1.807, 2.05) is 19.0 Å². The minimum atomic E-state index is -0.181. The third-order valence-corrected chi connectivity index (χ3v) is 2.28. The van der Waals surface area contributed by atoms with Crippen LogP contribution >= 0.6 is 0 Å².